The quantitative estimate of drug-likeness (QED) is 0.478. The lowest BCUT2D eigenvalue weighted by Gasteiger charge is -2.03. The van der Waals surface area contributed by atoms with Crippen LogP contribution in [0.5, 0.6) is 0 Å². The Bertz CT molecular complexity index is 814. The van der Waals surface area contributed by atoms with E-state index in [1.807, 2.05) is 55.6 Å². The van der Waals surface area contributed by atoms with Gasteiger partial charge in [0.2, 0.25) is 5.16 Å². The molecule has 1 aromatic heterocycles. The van der Waals surface area contributed by atoms with E-state index in [9.17, 15) is 0 Å². The van der Waals surface area contributed by atoms with Crippen LogP contribution >= 0.6 is 27.7 Å². The molecule has 0 amide bonds. The standard InChI is InChI=1S/C17H15BrN4S/c1-13-20-21-17(23-12-14-7-3-2-4-8-14)22(13)19-11-15-9-5-6-10-16(15)18/h2-11H,12H2,1H3/b19-11-. The van der Waals surface area contributed by atoms with Crippen molar-refractivity contribution in [1.82, 2.24) is 14.9 Å². The highest BCUT2D eigenvalue weighted by Crippen LogP contribution is 2.22. The van der Waals surface area contributed by atoms with Crippen LogP contribution in [0.3, 0.4) is 0 Å². The maximum Gasteiger partial charge on any atom is 0.212 e. The van der Waals surface area contributed by atoms with Gasteiger partial charge >= 0.3 is 0 Å². The van der Waals surface area contributed by atoms with Crippen molar-refractivity contribution in [3.05, 3.63) is 76.0 Å². The molecule has 116 valence electrons. The minimum absolute atomic E-state index is 0.767. The Balaban J connectivity index is 1.78. The molecular weight excluding hydrogens is 372 g/mol. The summed E-state index contributed by atoms with van der Waals surface area (Å²) >= 11 is 5.15. The second-order valence-corrected chi connectivity index (χ2v) is 6.68. The van der Waals surface area contributed by atoms with Gasteiger partial charge in [-0.15, -0.1) is 10.2 Å². The van der Waals surface area contributed by atoms with Gasteiger partial charge in [-0.25, -0.2) is 0 Å². The van der Waals surface area contributed by atoms with Crippen molar-refractivity contribution in [3.8, 4) is 0 Å². The van der Waals surface area contributed by atoms with Crippen LogP contribution in [-0.2, 0) is 5.75 Å². The van der Waals surface area contributed by atoms with Crippen LogP contribution < -0.4 is 0 Å². The van der Waals surface area contributed by atoms with Crippen LogP contribution in [0, 0.1) is 6.92 Å². The van der Waals surface area contributed by atoms with Crippen LogP contribution in [0.15, 0.2) is 69.3 Å². The molecule has 0 aliphatic rings. The molecule has 0 aliphatic heterocycles. The van der Waals surface area contributed by atoms with Crippen molar-refractivity contribution in [2.24, 2.45) is 5.10 Å². The summed E-state index contributed by atoms with van der Waals surface area (Å²) < 4.78 is 2.78. The van der Waals surface area contributed by atoms with E-state index in [1.54, 1.807) is 16.4 Å². The Morgan fingerprint density at radius 2 is 1.83 bits per heavy atom. The third-order valence-corrected chi connectivity index (χ3v) is 4.91. The number of benzene rings is 2. The first-order valence-corrected chi connectivity index (χ1v) is 8.89. The number of aromatic nitrogens is 3. The van der Waals surface area contributed by atoms with Crippen molar-refractivity contribution in [1.29, 1.82) is 0 Å². The largest absolute Gasteiger partial charge is 0.212 e. The third-order valence-electron chi connectivity index (χ3n) is 3.20. The summed E-state index contributed by atoms with van der Waals surface area (Å²) in [6.07, 6.45) is 1.81. The number of halogens is 1. The minimum atomic E-state index is 0.767. The third kappa shape index (κ3) is 4.09. The van der Waals surface area contributed by atoms with Gasteiger partial charge in [-0.2, -0.15) is 9.78 Å². The highest BCUT2D eigenvalue weighted by molar-refractivity contribution is 9.10. The number of hydrogen-bond acceptors (Lipinski definition) is 4. The molecule has 2 aromatic carbocycles. The lowest BCUT2D eigenvalue weighted by molar-refractivity contribution is 0.744. The normalized spacial score (nSPS) is 11.2. The Kier molecular flexibility index (Phi) is 5.25. The predicted octanol–water partition coefficient (Wildman–Crippen LogP) is 4.52. The predicted molar refractivity (Wildman–Crippen MR) is 97.9 cm³/mol. The second-order valence-electron chi connectivity index (χ2n) is 4.88. The molecule has 0 fully saturated rings. The molecule has 0 aliphatic carbocycles. The van der Waals surface area contributed by atoms with Crippen molar-refractivity contribution >= 4 is 33.9 Å². The Labute approximate surface area is 147 Å². The summed E-state index contributed by atoms with van der Waals surface area (Å²) in [4.78, 5) is 0. The van der Waals surface area contributed by atoms with E-state index >= 15 is 0 Å². The number of rotatable bonds is 5. The molecular formula is C17H15BrN4S. The lowest BCUT2D eigenvalue weighted by Crippen LogP contribution is -1.96. The van der Waals surface area contributed by atoms with E-state index < -0.39 is 0 Å². The maximum absolute atomic E-state index is 4.52. The van der Waals surface area contributed by atoms with E-state index in [2.05, 4.69) is 43.4 Å². The van der Waals surface area contributed by atoms with Crippen LogP contribution in [0.2, 0.25) is 0 Å². The zero-order valence-electron chi connectivity index (χ0n) is 12.6. The smallest absolute Gasteiger partial charge is 0.192 e. The SMILES string of the molecule is Cc1nnc(SCc2ccccc2)n1/N=C\c1ccccc1Br. The number of thioether (sulfide) groups is 1. The summed E-state index contributed by atoms with van der Waals surface area (Å²) in [6, 6.07) is 18.3. The first kappa shape index (κ1) is 16.0. The fraction of sp³-hybridized carbons (Fsp3) is 0.118. The topological polar surface area (TPSA) is 43.1 Å². The van der Waals surface area contributed by atoms with Crippen molar-refractivity contribution in [3.63, 3.8) is 0 Å². The fourth-order valence-electron chi connectivity index (χ4n) is 1.98. The van der Waals surface area contributed by atoms with Gasteiger partial charge in [0.25, 0.3) is 0 Å². The van der Waals surface area contributed by atoms with Crippen molar-refractivity contribution in [2.75, 3.05) is 0 Å². The molecule has 0 spiro atoms. The van der Waals surface area contributed by atoms with Gasteiger partial charge in [0.1, 0.15) is 0 Å². The molecule has 3 rings (SSSR count). The summed E-state index contributed by atoms with van der Waals surface area (Å²) in [5.41, 5.74) is 2.26. The molecule has 0 atom stereocenters. The van der Waals surface area contributed by atoms with Crippen molar-refractivity contribution < 1.29 is 0 Å². The highest BCUT2D eigenvalue weighted by atomic mass is 79.9. The van der Waals surface area contributed by atoms with Gasteiger partial charge in [0.05, 0.1) is 6.21 Å². The van der Waals surface area contributed by atoms with Crippen LogP contribution in [0.25, 0.3) is 0 Å². The second kappa shape index (κ2) is 7.57. The van der Waals surface area contributed by atoms with Crippen LogP contribution in [-0.4, -0.2) is 21.1 Å². The van der Waals surface area contributed by atoms with E-state index in [-0.39, 0.29) is 0 Å². The summed E-state index contributed by atoms with van der Waals surface area (Å²) in [6.45, 7) is 1.90. The van der Waals surface area contributed by atoms with Gasteiger partial charge < -0.3 is 0 Å². The minimum Gasteiger partial charge on any atom is -0.192 e. The Morgan fingerprint density at radius 3 is 2.61 bits per heavy atom. The molecule has 6 heteroatoms. The van der Waals surface area contributed by atoms with Crippen LogP contribution in [0.4, 0.5) is 0 Å². The first-order chi connectivity index (χ1) is 11.2. The lowest BCUT2D eigenvalue weighted by atomic mass is 10.2. The number of aryl methyl sites for hydroxylation is 1. The van der Waals surface area contributed by atoms with E-state index in [0.717, 1.165) is 26.8 Å². The van der Waals surface area contributed by atoms with Gasteiger partial charge in [-0.05, 0) is 18.6 Å². The molecule has 4 nitrogen and oxygen atoms in total. The zero-order chi connectivity index (χ0) is 16.1. The molecule has 0 saturated heterocycles. The molecule has 23 heavy (non-hydrogen) atoms. The van der Waals surface area contributed by atoms with E-state index in [4.69, 9.17) is 0 Å². The summed E-state index contributed by atoms with van der Waals surface area (Å²) in [5, 5.41) is 13.7. The number of hydrogen-bond donors (Lipinski definition) is 0. The average molecular weight is 387 g/mol. The molecule has 0 N–H and O–H groups in total. The molecule has 0 unspecified atom stereocenters. The molecule has 1 heterocycles. The van der Waals surface area contributed by atoms with Crippen LogP contribution in [0.1, 0.15) is 17.0 Å². The molecule has 0 radical (unpaired) electrons. The average Bonchev–Trinajstić information content (AvgIpc) is 2.93. The summed E-state index contributed by atoms with van der Waals surface area (Å²) in [7, 11) is 0. The van der Waals surface area contributed by atoms with E-state index in [1.165, 1.54) is 5.56 Å². The zero-order valence-corrected chi connectivity index (χ0v) is 15.0. The fourth-order valence-corrected chi connectivity index (χ4v) is 3.26. The van der Waals surface area contributed by atoms with Gasteiger partial charge in [0.15, 0.2) is 5.82 Å². The highest BCUT2D eigenvalue weighted by Gasteiger charge is 2.08. The molecule has 3 aromatic rings. The first-order valence-electron chi connectivity index (χ1n) is 7.11. The van der Waals surface area contributed by atoms with Gasteiger partial charge in [0, 0.05) is 15.8 Å². The van der Waals surface area contributed by atoms with Crippen molar-refractivity contribution in [2.45, 2.75) is 17.8 Å². The Morgan fingerprint density at radius 1 is 1.09 bits per heavy atom. The monoisotopic (exact) mass is 386 g/mol. The molecule has 0 bridgehead atoms. The Hall–Kier alpha value is -1.92. The van der Waals surface area contributed by atoms with Gasteiger partial charge in [-0.3, -0.25) is 0 Å². The van der Waals surface area contributed by atoms with Gasteiger partial charge in [-0.1, -0.05) is 76.2 Å². The molecule has 0 saturated carbocycles. The maximum atomic E-state index is 4.52. The summed E-state index contributed by atoms with van der Waals surface area (Å²) in [5.74, 6) is 1.60. The van der Waals surface area contributed by atoms with E-state index in [0.29, 0.717) is 0 Å². The number of nitrogens with zero attached hydrogens (tertiary/aromatic N) is 4.